The molecule has 1 aromatic carbocycles. The van der Waals surface area contributed by atoms with Gasteiger partial charge < -0.3 is 16.0 Å². The Balaban J connectivity index is 2.78. The number of urea groups is 1. The van der Waals surface area contributed by atoms with E-state index < -0.39 is 0 Å². The van der Waals surface area contributed by atoms with Crippen LogP contribution in [0.5, 0.6) is 0 Å². The second kappa shape index (κ2) is 6.62. The highest BCUT2D eigenvalue weighted by Crippen LogP contribution is 2.09. The maximum absolute atomic E-state index is 13.5. The van der Waals surface area contributed by atoms with E-state index in [1.807, 2.05) is 0 Å². The first-order valence-electron chi connectivity index (χ1n) is 5.47. The van der Waals surface area contributed by atoms with Gasteiger partial charge in [0.25, 0.3) is 0 Å². The van der Waals surface area contributed by atoms with Gasteiger partial charge in [0.2, 0.25) is 0 Å². The molecule has 0 bridgehead atoms. The Morgan fingerprint density at radius 2 is 2.22 bits per heavy atom. The van der Waals surface area contributed by atoms with E-state index in [2.05, 4.69) is 17.2 Å². The Kier molecular flexibility index (Phi) is 5.15. The molecular formula is C13H16FN3O. The van der Waals surface area contributed by atoms with Crippen LogP contribution in [-0.2, 0) is 6.54 Å². The molecule has 0 heterocycles. The van der Waals surface area contributed by atoms with Crippen molar-refractivity contribution in [3.05, 3.63) is 35.1 Å². The zero-order valence-electron chi connectivity index (χ0n) is 10.5. The van der Waals surface area contributed by atoms with Gasteiger partial charge in [0.05, 0.1) is 6.54 Å². The lowest BCUT2D eigenvalue weighted by atomic mass is 10.1. The lowest BCUT2D eigenvalue weighted by Crippen LogP contribution is -2.34. The second-order valence-corrected chi connectivity index (χ2v) is 3.87. The molecule has 0 aliphatic carbocycles. The Morgan fingerprint density at radius 3 is 2.83 bits per heavy atom. The van der Waals surface area contributed by atoms with Gasteiger partial charge in [-0.15, -0.1) is 0 Å². The Labute approximate surface area is 106 Å². The fraction of sp³-hybridized carbons (Fsp3) is 0.308. The largest absolute Gasteiger partial charge is 0.334 e. The van der Waals surface area contributed by atoms with Gasteiger partial charge in [0.15, 0.2) is 0 Å². The van der Waals surface area contributed by atoms with Crippen molar-refractivity contribution in [2.75, 3.05) is 20.6 Å². The third-order valence-electron chi connectivity index (χ3n) is 2.22. The minimum absolute atomic E-state index is 0.126. The number of benzene rings is 1. The summed E-state index contributed by atoms with van der Waals surface area (Å²) < 4.78 is 13.5. The molecule has 0 aliphatic heterocycles. The summed E-state index contributed by atoms with van der Waals surface area (Å²) >= 11 is 0. The van der Waals surface area contributed by atoms with Gasteiger partial charge in [-0.1, -0.05) is 11.8 Å². The van der Waals surface area contributed by atoms with E-state index in [-0.39, 0.29) is 24.9 Å². The minimum atomic E-state index is -0.368. The quantitative estimate of drug-likeness (QED) is 0.765. The van der Waals surface area contributed by atoms with Crippen LogP contribution in [0.1, 0.15) is 11.1 Å². The summed E-state index contributed by atoms with van der Waals surface area (Å²) in [6, 6.07) is 4.24. The van der Waals surface area contributed by atoms with Crippen LogP contribution in [0.15, 0.2) is 18.2 Å². The van der Waals surface area contributed by atoms with Crippen molar-refractivity contribution < 1.29 is 9.18 Å². The monoisotopic (exact) mass is 249 g/mol. The van der Waals surface area contributed by atoms with E-state index >= 15 is 0 Å². The number of nitrogens with one attached hydrogen (secondary N) is 1. The average Bonchev–Trinajstić information content (AvgIpc) is 2.35. The molecule has 0 unspecified atom stereocenters. The number of nitrogens with zero attached hydrogens (tertiary/aromatic N) is 1. The molecule has 0 atom stereocenters. The van der Waals surface area contributed by atoms with Gasteiger partial charge in [-0.2, -0.15) is 0 Å². The summed E-state index contributed by atoms with van der Waals surface area (Å²) in [6.45, 7) is 0.380. The summed E-state index contributed by atoms with van der Waals surface area (Å²) in [4.78, 5) is 12.7. The highest BCUT2D eigenvalue weighted by Gasteiger charge is 2.06. The smallest absolute Gasteiger partial charge is 0.317 e. The Morgan fingerprint density at radius 1 is 1.50 bits per heavy atom. The fourth-order valence-corrected chi connectivity index (χ4v) is 1.27. The van der Waals surface area contributed by atoms with Crippen LogP contribution in [0.3, 0.4) is 0 Å². The fourth-order valence-electron chi connectivity index (χ4n) is 1.27. The van der Waals surface area contributed by atoms with E-state index in [1.54, 1.807) is 26.2 Å². The standard InChI is InChI=1S/C13H16FN3O/c1-17(2)13(18)16-9-11-8-10(4-3-7-15)5-6-12(11)14/h5-6,8H,7,9,15H2,1-2H3,(H,16,18). The predicted molar refractivity (Wildman–Crippen MR) is 68.3 cm³/mol. The van der Waals surface area contributed by atoms with Crippen LogP contribution in [0, 0.1) is 17.7 Å². The Bertz CT molecular complexity index is 489. The van der Waals surface area contributed by atoms with Crippen LogP contribution in [-0.4, -0.2) is 31.6 Å². The van der Waals surface area contributed by atoms with E-state index in [1.165, 1.54) is 11.0 Å². The maximum atomic E-state index is 13.5. The molecule has 0 spiro atoms. The lowest BCUT2D eigenvalue weighted by Gasteiger charge is -2.12. The highest BCUT2D eigenvalue weighted by molar-refractivity contribution is 5.73. The second-order valence-electron chi connectivity index (χ2n) is 3.87. The summed E-state index contributed by atoms with van der Waals surface area (Å²) in [5.74, 6) is 5.14. The predicted octanol–water partition coefficient (Wildman–Crippen LogP) is 0.907. The average molecular weight is 249 g/mol. The van der Waals surface area contributed by atoms with Crippen LogP contribution in [0.2, 0.25) is 0 Å². The molecule has 1 aromatic rings. The van der Waals surface area contributed by atoms with Gasteiger partial charge in [-0.25, -0.2) is 9.18 Å². The molecule has 0 aliphatic rings. The van der Waals surface area contributed by atoms with E-state index in [9.17, 15) is 9.18 Å². The summed E-state index contributed by atoms with van der Waals surface area (Å²) in [6.07, 6.45) is 0. The van der Waals surface area contributed by atoms with Crippen molar-refractivity contribution >= 4 is 6.03 Å². The molecule has 0 saturated heterocycles. The third kappa shape index (κ3) is 4.07. The van der Waals surface area contributed by atoms with Crippen molar-refractivity contribution in [2.45, 2.75) is 6.54 Å². The minimum Gasteiger partial charge on any atom is -0.334 e. The molecular weight excluding hydrogens is 233 g/mol. The van der Waals surface area contributed by atoms with Crippen molar-refractivity contribution in [1.29, 1.82) is 0 Å². The van der Waals surface area contributed by atoms with Gasteiger partial charge >= 0.3 is 6.03 Å². The summed E-state index contributed by atoms with van der Waals surface area (Å²) in [7, 11) is 3.24. The first kappa shape index (κ1) is 14.0. The van der Waals surface area contributed by atoms with Gasteiger partial charge in [0, 0.05) is 31.8 Å². The zero-order valence-corrected chi connectivity index (χ0v) is 10.5. The van der Waals surface area contributed by atoms with Gasteiger partial charge in [-0.05, 0) is 18.2 Å². The molecule has 5 heteroatoms. The number of hydrogen-bond acceptors (Lipinski definition) is 2. The number of amides is 2. The molecule has 3 N–H and O–H groups in total. The molecule has 0 radical (unpaired) electrons. The number of rotatable bonds is 2. The van der Waals surface area contributed by atoms with Crippen LogP contribution >= 0.6 is 0 Å². The van der Waals surface area contributed by atoms with Crippen LogP contribution < -0.4 is 11.1 Å². The van der Waals surface area contributed by atoms with Gasteiger partial charge in [0.1, 0.15) is 5.82 Å². The molecule has 2 amide bonds. The number of halogens is 1. The first-order valence-corrected chi connectivity index (χ1v) is 5.47. The molecule has 0 fully saturated rings. The van der Waals surface area contributed by atoms with E-state index in [4.69, 9.17) is 5.73 Å². The lowest BCUT2D eigenvalue weighted by molar-refractivity contribution is 0.217. The van der Waals surface area contributed by atoms with Crippen molar-refractivity contribution in [3.8, 4) is 11.8 Å². The molecule has 1 rings (SSSR count). The SMILES string of the molecule is CN(C)C(=O)NCc1cc(C#CCN)ccc1F. The van der Waals surface area contributed by atoms with E-state index in [0.717, 1.165) is 0 Å². The zero-order chi connectivity index (χ0) is 13.5. The third-order valence-corrected chi connectivity index (χ3v) is 2.22. The van der Waals surface area contributed by atoms with Crippen molar-refractivity contribution in [3.63, 3.8) is 0 Å². The maximum Gasteiger partial charge on any atom is 0.317 e. The number of carbonyl (C=O) groups is 1. The summed E-state index contributed by atoms with van der Waals surface area (Å²) in [5, 5.41) is 2.60. The number of carbonyl (C=O) groups excluding carboxylic acids is 1. The van der Waals surface area contributed by atoms with Crippen molar-refractivity contribution in [1.82, 2.24) is 10.2 Å². The van der Waals surface area contributed by atoms with Crippen LogP contribution in [0.25, 0.3) is 0 Å². The number of hydrogen-bond donors (Lipinski definition) is 2. The summed E-state index contributed by atoms with van der Waals surface area (Å²) in [5.41, 5.74) is 6.34. The molecule has 0 aromatic heterocycles. The van der Waals surface area contributed by atoms with Gasteiger partial charge in [-0.3, -0.25) is 0 Å². The van der Waals surface area contributed by atoms with Crippen molar-refractivity contribution in [2.24, 2.45) is 5.73 Å². The molecule has 96 valence electrons. The highest BCUT2D eigenvalue weighted by atomic mass is 19.1. The Hall–Kier alpha value is -2.06. The van der Waals surface area contributed by atoms with Crippen LogP contribution in [0.4, 0.5) is 9.18 Å². The van der Waals surface area contributed by atoms with E-state index in [0.29, 0.717) is 11.1 Å². The number of nitrogens with two attached hydrogens (primary N) is 1. The molecule has 18 heavy (non-hydrogen) atoms. The topological polar surface area (TPSA) is 58.4 Å². The first-order chi connectivity index (χ1) is 8.54. The molecule has 4 nitrogen and oxygen atoms in total. The normalized spacial score (nSPS) is 9.33. The molecule has 0 saturated carbocycles.